The van der Waals surface area contributed by atoms with Gasteiger partial charge in [-0.15, -0.1) is 0 Å². The number of carboxylic acids is 1. The molecule has 0 amide bonds. The van der Waals surface area contributed by atoms with Gasteiger partial charge in [-0.05, 0) is 27.2 Å². The first-order valence-electron chi connectivity index (χ1n) is 6.42. The predicted octanol–water partition coefficient (Wildman–Crippen LogP) is 2.13. The minimum absolute atomic E-state index is 0.312. The molecular weight excluding hydrogens is 244 g/mol. The summed E-state index contributed by atoms with van der Waals surface area (Å²) < 4.78 is 0. The molecule has 19 heavy (non-hydrogen) atoms. The Morgan fingerprint density at radius 2 is 1.89 bits per heavy atom. The summed E-state index contributed by atoms with van der Waals surface area (Å²) in [6, 6.07) is 1.79. The molecule has 3 N–H and O–H groups in total. The normalized spacial score (nSPS) is 11.2. The van der Waals surface area contributed by atoms with Gasteiger partial charge in [0.25, 0.3) is 0 Å². The van der Waals surface area contributed by atoms with Crippen LogP contribution >= 0.6 is 0 Å². The van der Waals surface area contributed by atoms with Crippen molar-refractivity contribution in [3.63, 3.8) is 0 Å². The zero-order chi connectivity index (χ0) is 14.5. The fourth-order valence-electron chi connectivity index (χ4n) is 1.39. The fraction of sp³-hybridized carbons (Fsp3) is 0.615. The van der Waals surface area contributed by atoms with Gasteiger partial charge in [-0.25, -0.2) is 9.97 Å². The lowest BCUT2D eigenvalue weighted by molar-refractivity contribution is -0.146. The summed E-state index contributed by atoms with van der Waals surface area (Å²) in [6.45, 7) is 8.39. The Bertz CT molecular complexity index is 446. The third kappa shape index (κ3) is 4.73. The third-order valence-electron chi connectivity index (χ3n) is 2.68. The van der Waals surface area contributed by atoms with E-state index in [1.165, 1.54) is 0 Å². The number of hydrogen-bond donors (Lipinski definition) is 3. The van der Waals surface area contributed by atoms with Gasteiger partial charge in [-0.3, -0.25) is 4.79 Å². The molecule has 1 aromatic rings. The van der Waals surface area contributed by atoms with E-state index in [9.17, 15) is 4.79 Å². The summed E-state index contributed by atoms with van der Waals surface area (Å²) in [4.78, 5) is 19.6. The Hall–Kier alpha value is -1.85. The lowest BCUT2D eigenvalue weighted by atomic mass is 9.94. The monoisotopic (exact) mass is 266 g/mol. The van der Waals surface area contributed by atoms with Crippen molar-refractivity contribution in [2.45, 2.75) is 34.1 Å². The lowest BCUT2D eigenvalue weighted by Gasteiger charge is -2.20. The molecule has 1 rings (SSSR count). The second-order valence-corrected chi connectivity index (χ2v) is 5.16. The van der Waals surface area contributed by atoms with Crippen LogP contribution in [0, 0.1) is 12.3 Å². The molecule has 0 atom stereocenters. The molecule has 6 nitrogen and oxygen atoms in total. The third-order valence-corrected chi connectivity index (χ3v) is 2.68. The Kier molecular flexibility index (Phi) is 5.09. The van der Waals surface area contributed by atoms with Crippen LogP contribution in [0.2, 0.25) is 0 Å². The van der Waals surface area contributed by atoms with Crippen LogP contribution in [0.5, 0.6) is 0 Å². The summed E-state index contributed by atoms with van der Waals surface area (Å²) >= 11 is 0. The molecule has 0 spiro atoms. The van der Waals surface area contributed by atoms with E-state index in [0.29, 0.717) is 18.2 Å². The van der Waals surface area contributed by atoms with E-state index >= 15 is 0 Å². The second kappa shape index (κ2) is 6.36. The van der Waals surface area contributed by atoms with Crippen molar-refractivity contribution in [2.75, 3.05) is 23.7 Å². The number of nitrogens with one attached hydrogen (secondary N) is 2. The van der Waals surface area contributed by atoms with E-state index in [1.54, 1.807) is 19.9 Å². The van der Waals surface area contributed by atoms with Crippen molar-refractivity contribution in [1.29, 1.82) is 0 Å². The number of carbonyl (C=O) groups is 1. The average molecular weight is 266 g/mol. The number of aromatic nitrogens is 2. The van der Waals surface area contributed by atoms with Crippen molar-refractivity contribution < 1.29 is 9.90 Å². The largest absolute Gasteiger partial charge is 0.481 e. The van der Waals surface area contributed by atoms with Crippen LogP contribution < -0.4 is 10.6 Å². The number of aliphatic carboxylic acids is 1. The van der Waals surface area contributed by atoms with Gasteiger partial charge in [0.15, 0.2) is 0 Å². The van der Waals surface area contributed by atoms with Crippen molar-refractivity contribution in [3.8, 4) is 0 Å². The maximum absolute atomic E-state index is 11.0. The molecule has 0 fully saturated rings. The summed E-state index contributed by atoms with van der Waals surface area (Å²) in [6.07, 6.45) is 1.01. The number of aryl methyl sites for hydroxylation is 1. The predicted molar refractivity (Wildman–Crippen MR) is 75.5 cm³/mol. The highest BCUT2D eigenvalue weighted by molar-refractivity contribution is 5.74. The molecular formula is C13H22N4O2. The second-order valence-electron chi connectivity index (χ2n) is 5.16. The molecule has 0 aromatic carbocycles. The minimum Gasteiger partial charge on any atom is -0.481 e. The number of carboxylic acid groups (broad SMARTS) is 1. The van der Waals surface area contributed by atoms with Gasteiger partial charge in [-0.1, -0.05) is 6.92 Å². The minimum atomic E-state index is -0.838. The molecule has 0 aliphatic carbocycles. The van der Waals surface area contributed by atoms with Gasteiger partial charge < -0.3 is 15.7 Å². The molecule has 6 heteroatoms. The molecule has 0 bridgehead atoms. The van der Waals surface area contributed by atoms with Crippen LogP contribution in [0.1, 0.15) is 33.0 Å². The standard InChI is InChI=1S/C13H22N4O2/c1-5-6-14-10-7-11(17-9(2)16-10)15-8-13(3,4)12(18)19/h7H,5-6,8H2,1-4H3,(H,18,19)(H2,14,15,16,17). The van der Waals surface area contributed by atoms with Crippen molar-refractivity contribution in [2.24, 2.45) is 5.41 Å². The van der Waals surface area contributed by atoms with E-state index in [1.807, 2.05) is 6.92 Å². The van der Waals surface area contributed by atoms with Gasteiger partial charge in [0.05, 0.1) is 5.41 Å². The molecule has 0 aliphatic heterocycles. The molecule has 1 heterocycles. The SMILES string of the molecule is CCCNc1cc(NCC(C)(C)C(=O)O)nc(C)n1. The summed E-state index contributed by atoms with van der Waals surface area (Å²) in [5.41, 5.74) is -0.837. The fourth-order valence-corrected chi connectivity index (χ4v) is 1.39. The first kappa shape index (κ1) is 15.2. The maximum Gasteiger partial charge on any atom is 0.310 e. The molecule has 106 valence electrons. The quantitative estimate of drug-likeness (QED) is 0.701. The van der Waals surface area contributed by atoms with Crippen LogP contribution in [-0.4, -0.2) is 34.1 Å². The van der Waals surface area contributed by atoms with Gasteiger partial charge in [0.2, 0.25) is 0 Å². The zero-order valence-electron chi connectivity index (χ0n) is 11.9. The Balaban J connectivity index is 2.73. The van der Waals surface area contributed by atoms with Crippen LogP contribution in [0.3, 0.4) is 0 Å². The molecule has 0 saturated carbocycles. The Labute approximate surface area is 113 Å². The molecule has 0 aliphatic rings. The van der Waals surface area contributed by atoms with Gasteiger partial charge in [0, 0.05) is 19.2 Å². The smallest absolute Gasteiger partial charge is 0.310 e. The number of hydrogen-bond acceptors (Lipinski definition) is 5. The Morgan fingerprint density at radius 1 is 1.32 bits per heavy atom. The van der Waals surface area contributed by atoms with Crippen LogP contribution in [0.15, 0.2) is 6.07 Å². The van der Waals surface area contributed by atoms with Crippen molar-refractivity contribution in [1.82, 2.24) is 9.97 Å². The maximum atomic E-state index is 11.0. The van der Waals surface area contributed by atoms with Crippen LogP contribution in [0.25, 0.3) is 0 Å². The van der Waals surface area contributed by atoms with E-state index in [-0.39, 0.29) is 0 Å². The first-order chi connectivity index (χ1) is 8.85. The topological polar surface area (TPSA) is 87.1 Å². The lowest BCUT2D eigenvalue weighted by Crippen LogP contribution is -2.32. The van der Waals surface area contributed by atoms with Crippen LogP contribution in [0.4, 0.5) is 11.6 Å². The number of rotatable bonds is 7. The Morgan fingerprint density at radius 3 is 2.42 bits per heavy atom. The van der Waals surface area contributed by atoms with Gasteiger partial charge >= 0.3 is 5.97 Å². The highest BCUT2D eigenvalue weighted by Gasteiger charge is 2.26. The summed E-state index contributed by atoms with van der Waals surface area (Å²) in [5.74, 6) is 1.21. The first-order valence-corrected chi connectivity index (χ1v) is 6.42. The number of anilines is 2. The molecule has 0 saturated heterocycles. The van der Waals surface area contributed by atoms with E-state index in [4.69, 9.17) is 5.11 Å². The summed E-state index contributed by atoms with van der Waals surface area (Å²) in [7, 11) is 0. The van der Waals surface area contributed by atoms with Gasteiger partial charge in [-0.2, -0.15) is 0 Å². The molecule has 0 unspecified atom stereocenters. The van der Waals surface area contributed by atoms with E-state index in [2.05, 4.69) is 27.5 Å². The summed E-state index contributed by atoms with van der Waals surface area (Å²) in [5, 5.41) is 15.3. The van der Waals surface area contributed by atoms with Gasteiger partial charge in [0.1, 0.15) is 17.5 Å². The molecule has 1 aromatic heterocycles. The van der Waals surface area contributed by atoms with E-state index < -0.39 is 11.4 Å². The zero-order valence-corrected chi connectivity index (χ0v) is 11.9. The van der Waals surface area contributed by atoms with E-state index in [0.717, 1.165) is 18.8 Å². The number of nitrogens with zero attached hydrogens (tertiary/aromatic N) is 2. The van der Waals surface area contributed by atoms with Crippen LogP contribution in [-0.2, 0) is 4.79 Å². The average Bonchev–Trinajstić information content (AvgIpc) is 2.33. The van der Waals surface area contributed by atoms with Crippen molar-refractivity contribution in [3.05, 3.63) is 11.9 Å². The highest BCUT2D eigenvalue weighted by Crippen LogP contribution is 2.17. The van der Waals surface area contributed by atoms with Crippen molar-refractivity contribution >= 4 is 17.6 Å². The highest BCUT2D eigenvalue weighted by atomic mass is 16.4. The molecule has 0 radical (unpaired) electrons.